The second kappa shape index (κ2) is 7.76. The minimum Gasteiger partial charge on any atom is -0.373 e. The van der Waals surface area contributed by atoms with Crippen molar-refractivity contribution in [1.82, 2.24) is 5.32 Å². The lowest BCUT2D eigenvalue weighted by atomic mass is 10.4. The minimum atomic E-state index is 0.179. The van der Waals surface area contributed by atoms with Gasteiger partial charge in [0.25, 0.3) is 0 Å². The van der Waals surface area contributed by atoms with Crippen LogP contribution in [0, 0.1) is 0 Å². The summed E-state index contributed by atoms with van der Waals surface area (Å²) in [5.41, 5.74) is 0. The Morgan fingerprint density at radius 3 is 2.82 bits per heavy atom. The maximum Gasteiger partial charge on any atom is 0.0725 e. The van der Waals surface area contributed by atoms with E-state index in [1.54, 1.807) is 6.08 Å². The van der Waals surface area contributed by atoms with Crippen molar-refractivity contribution < 1.29 is 4.74 Å². The lowest BCUT2D eigenvalue weighted by Crippen LogP contribution is -2.22. The smallest absolute Gasteiger partial charge is 0.0725 e. The number of nitrogens with one attached hydrogen (secondary N) is 1. The Morgan fingerprint density at radius 1 is 1.55 bits per heavy atom. The van der Waals surface area contributed by atoms with Crippen LogP contribution in [0.3, 0.4) is 0 Å². The molecule has 66 valence electrons. The Labute approximate surface area is 69.6 Å². The molecule has 0 bridgehead atoms. The molecule has 0 aliphatic rings. The van der Waals surface area contributed by atoms with Gasteiger partial charge in [-0.15, -0.1) is 6.58 Å². The predicted molar refractivity (Wildman–Crippen MR) is 48.8 cm³/mol. The van der Waals surface area contributed by atoms with Gasteiger partial charge in [0.2, 0.25) is 0 Å². The normalized spacial score (nSPS) is 12.9. The first-order chi connectivity index (χ1) is 5.31. The highest BCUT2D eigenvalue weighted by Crippen LogP contribution is 1.88. The van der Waals surface area contributed by atoms with E-state index in [0.29, 0.717) is 0 Å². The molecule has 11 heavy (non-hydrogen) atoms. The zero-order chi connectivity index (χ0) is 8.53. The van der Waals surface area contributed by atoms with Crippen LogP contribution in [0.15, 0.2) is 12.7 Å². The molecule has 0 aromatic heterocycles. The van der Waals surface area contributed by atoms with Crippen molar-refractivity contribution in [2.75, 3.05) is 19.7 Å². The SMILES string of the molecule is C=CC(C)OCCNCCC. The molecule has 0 spiro atoms. The highest BCUT2D eigenvalue weighted by atomic mass is 16.5. The summed E-state index contributed by atoms with van der Waals surface area (Å²) in [7, 11) is 0. The van der Waals surface area contributed by atoms with Gasteiger partial charge in [-0.3, -0.25) is 0 Å². The van der Waals surface area contributed by atoms with Crippen molar-refractivity contribution in [3.05, 3.63) is 12.7 Å². The Hall–Kier alpha value is -0.340. The van der Waals surface area contributed by atoms with Crippen LogP contribution >= 0.6 is 0 Å². The molecular weight excluding hydrogens is 138 g/mol. The molecule has 0 aliphatic carbocycles. The topological polar surface area (TPSA) is 21.3 Å². The Kier molecular flexibility index (Phi) is 7.52. The Bertz CT molecular complexity index is 93.6. The van der Waals surface area contributed by atoms with E-state index in [9.17, 15) is 0 Å². The summed E-state index contributed by atoms with van der Waals surface area (Å²) in [5, 5.41) is 3.26. The van der Waals surface area contributed by atoms with Gasteiger partial charge in [0.1, 0.15) is 0 Å². The van der Waals surface area contributed by atoms with Crippen molar-refractivity contribution in [2.24, 2.45) is 0 Å². The van der Waals surface area contributed by atoms with Crippen LogP contribution in [0.2, 0.25) is 0 Å². The number of hydrogen-bond acceptors (Lipinski definition) is 2. The van der Waals surface area contributed by atoms with Gasteiger partial charge in [-0.25, -0.2) is 0 Å². The van der Waals surface area contributed by atoms with Crippen molar-refractivity contribution >= 4 is 0 Å². The third-order valence-corrected chi connectivity index (χ3v) is 1.42. The molecule has 0 rings (SSSR count). The molecule has 0 fully saturated rings. The molecule has 0 amide bonds. The maximum atomic E-state index is 5.36. The summed E-state index contributed by atoms with van der Waals surface area (Å²) in [5.74, 6) is 0. The van der Waals surface area contributed by atoms with Crippen LogP contribution in [0.1, 0.15) is 20.3 Å². The zero-order valence-corrected chi connectivity index (χ0v) is 7.60. The quantitative estimate of drug-likeness (QED) is 0.447. The molecule has 1 atom stereocenters. The van der Waals surface area contributed by atoms with E-state index >= 15 is 0 Å². The minimum absolute atomic E-state index is 0.179. The molecule has 0 saturated heterocycles. The standard InChI is InChI=1S/C9H19NO/c1-4-6-10-7-8-11-9(3)5-2/h5,9-10H,2,4,6-8H2,1,3H3. The van der Waals surface area contributed by atoms with Crippen LogP contribution in [0.25, 0.3) is 0 Å². The van der Waals surface area contributed by atoms with Crippen molar-refractivity contribution in [1.29, 1.82) is 0 Å². The molecule has 0 radical (unpaired) electrons. The number of hydrogen-bond donors (Lipinski definition) is 1. The van der Waals surface area contributed by atoms with Crippen LogP contribution in [0.5, 0.6) is 0 Å². The van der Waals surface area contributed by atoms with E-state index in [4.69, 9.17) is 4.74 Å². The average Bonchev–Trinajstić information content (AvgIpc) is 2.04. The Balaban J connectivity index is 2.95. The lowest BCUT2D eigenvalue weighted by Gasteiger charge is -2.08. The fourth-order valence-corrected chi connectivity index (χ4v) is 0.687. The third kappa shape index (κ3) is 7.56. The Morgan fingerprint density at radius 2 is 2.27 bits per heavy atom. The van der Waals surface area contributed by atoms with E-state index in [1.807, 2.05) is 6.92 Å². The molecule has 2 nitrogen and oxygen atoms in total. The van der Waals surface area contributed by atoms with Gasteiger partial charge >= 0.3 is 0 Å². The second-order valence-corrected chi connectivity index (χ2v) is 2.56. The first kappa shape index (κ1) is 10.7. The largest absolute Gasteiger partial charge is 0.373 e. The van der Waals surface area contributed by atoms with Crippen LogP contribution in [0.4, 0.5) is 0 Å². The van der Waals surface area contributed by atoms with E-state index in [1.165, 1.54) is 6.42 Å². The number of ether oxygens (including phenoxy) is 1. The molecule has 1 unspecified atom stereocenters. The van der Waals surface area contributed by atoms with E-state index in [-0.39, 0.29) is 6.10 Å². The molecule has 0 saturated carbocycles. The van der Waals surface area contributed by atoms with Gasteiger partial charge in [-0.2, -0.15) is 0 Å². The molecule has 0 aromatic rings. The molecular formula is C9H19NO. The first-order valence-corrected chi connectivity index (χ1v) is 4.26. The van der Waals surface area contributed by atoms with Gasteiger partial charge in [-0.05, 0) is 19.9 Å². The fraction of sp³-hybridized carbons (Fsp3) is 0.778. The van der Waals surface area contributed by atoms with Gasteiger partial charge in [-0.1, -0.05) is 13.0 Å². The summed E-state index contributed by atoms with van der Waals surface area (Å²) < 4.78 is 5.36. The van der Waals surface area contributed by atoms with Crippen LogP contribution in [-0.4, -0.2) is 25.8 Å². The summed E-state index contributed by atoms with van der Waals surface area (Å²) in [6.45, 7) is 10.6. The average molecular weight is 157 g/mol. The van der Waals surface area contributed by atoms with E-state index in [2.05, 4.69) is 18.8 Å². The maximum absolute atomic E-state index is 5.36. The van der Waals surface area contributed by atoms with Gasteiger partial charge < -0.3 is 10.1 Å². The second-order valence-electron chi connectivity index (χ2n) is 2.56. The molecule has 2 heteroatoms. The molecule has 0 aliphatic heterocycles. The number of rotatable bonds is 7. The van der Waals surface area contributed by atoms with Crippen molar-refractivity contribution in [3.63, 3.8) is 0 Å². The lowest BCUT2D eigenvalue weighted by molar-refractivity contribution is 0.0997. The van der Waals surface area contributed by atoms with Gasteiger partial charge in [0, 0.05) is 6.54 Å². The highest BCUT2D eigenvalue weighted by Gasteiger charge is 1.93. The molecule has 0 aromatic carbocycles. The van der Waals surface area contributed by atoms with Gasteiger partial charge in [0.15, 0.2) is 0 Å². The zero-order valence-electron chi connectivity index (χ0n) is 7.60. The molecule has 1 N–H and O–H groups in total. The van der Waals surface area contributed by atoms with E-state index < -0.39 is 0 Å². The van der Waals surface area contributed by atoms with Crippen molar-refractivity contribution in [3.8, 4) is 0 Å². The summed E-state index contributed by atoms with van der Waals surface area (Å²) >= 11 is 0. The summed E-state index contributed by atoms with van der Waals surface area (Å²) in [6.07, 6.45) is 3.16. The monoisotopic (exact) mass is 157 g/mol. The van der Waals surface area contributed by atoms with Crippen LogP contribution < -0.4 is 5.32 Å². The van der Waals surface area contributed by atoms with Gasteiger partial charge in [0.05, 0.1) is 12.7 Å². The fourth-order valence-electron chi connectivity index (χ4n) is 0.687. The van der Waals surface area contributed by atoms with Crippen molar-refractivity contribution in [2.45, 2.75) is 26.4 Å². The summed E-state index contributed by atoms with van der Waals surface area (Å²) in [4.78, 5) is 0. The van der Waals surface area contributed by atoms with Crippen LogP contribution in [-0.2, 0) is 4.74 Å². The summed E-state index contributed by atoms with van der Waals surface area (Å²) in [6, 6.07) is 0. The van der Waals surface area contributed by atoms with E-state index in [0.717, 1.165) is 19.7 Å². The molecule has 0 heterocycles. The third-order valence-electron chi connectivity index (χ3n) is 1.42. The highest BCUT2D eigenvalue weighted by molar-refractivity contribution is 4.74. The first-order valence-electron chi connectivity index (χ1n) is 4.26. The predicted octanol–water partition coefficient (Wildman–Crippen LogP) is 1.58.